The Morgan fingerprint density at radius 2 is 1.83 bits per heavy atom. The highest BCUT2D eigenvalue weighted by atomic mass is 35.5. The minimum atomic E-state index is -4.49. The van der Waals surface area contributed by atoms with Gasteiger partial charge in [0, 0.05) is 17.8 Å². The molecule has 8 heteroatoms. The van der Waals surface area contributed by atoms with Gasteiger partial charge >= 0.3 is 12.3 Å². The molecule has 134 valence electrons. The van der Waals surface area contributed by atoms with Gasteiger partial charge in [-0.3, -0.25) is 0 Å². The number of amides is 1. The molecule has 2 rings (SSSR count). The molecule has 0 heterocycles. The Labute approximate surface area is 143 Å². The Morgan fingerprint density at radius 3 is 2.38 bits per heavy atom. The highest BCUT2D eigenvalue weighted by molar-refractivity contribution is 6.31. The van der Waals surface area contributed by atoms with E-state index in [0.717, 1.165) is 6.07 Å². The summed E-state index contributed by atoms with van der Waals surface area (Å²) in [7, 11) is 0. The minimum absolute atomic E-state index is 0.00723. The van der Waals surface area contributed by atoms with Crippen molar-refractivity contribution < 1.29 is 22.7 Å². The maximum absolute atomic E-state index is 12.8. The van der Waals surface area contributed by atoms with Crippen LogP contribution in [0.4, 0.5) is 23.7 Å². The minimum Gasteiger partial charge on any atom is -0.444 e. The largest absolute Gasteiger partial charge is 0.444 e. The van der Waals surface area contributed by atoms with E-state index in [2.05, 4.69) is 10.6 Å². The molecule has 0 saturated heterocycles. The lowest BCUT2D eigenvalue weighted by Gasteiger charge is -2.37. The second kappa shape index (κ2) is 6.70. The summed E-state index contributed by atoms with van der Waals surface area (Å²) in [5, 5.41) is 5.42. The standard InChI is InChI=1S/C16H20ClF3N2O2/c1-15(2,3)24-14(23)22-11-6-10(7-11)21-9-4-5-13(17)12(8-9)16(18,19)20/h4-5,8,10-11,21H,6-7H2,1-3H3,(H,22,23). The normalized spacial score (nSPS) is 21.0. The van der Waals surface area contributed by atoms with E-state index in [9.17, 15) is 18.0 Å². The monoisotopic (exact) mass is 364 g/mol. The van der Waals surface area contributed by atoms with Crippen molar-refractivity contribution in [2.45, 2.75) is 57.5 Å². The van der Waals surface area contributed by atoms with Gasteiger partial charge in [-0.25, -0.2) is 4.79 Å². The zero-order valence-electron chi connectivity index (χ0n) is 13.6. The molecule has 1 aliphatic rings. The Balaban J connectivity index is 1.85. The third kappa shape index (κ3) is 5.19. The van der Waals surface area contributed by atoms with Crippen molar-refractivity contribution in [3.8, 4) is 0 Å². The number of ether oxygens (including phenoxy) is 1. The van der Waals surface area contributed by atoms with Crippen LogP contribution >= 0.6 is 11.6 Å². The molecule has 0 radical (unpaired) electrons. The van der Waals surface area contributed by atoms with E-state index in [1.54, 1.807) is 20.8 Å². The fraction of sp³-hybridized carbons (Fsp3) is 0.562. The molecule has 1 fully saturated rings. The van der Waals surface area contributed by atoms with Gasteiger partial charge in [0.15, 0.2) is 0 Å². The van der Waals surface area contributed by atoms with Crippen LogP contribution in [0, 0.1) is 0 Å². The van der Waals surface area contributed by atoms with Crippen molar-refractivity contribution in [3.05, 3.63) is 28.8 Å². The second-order valence-corrected chi connectivity index (χ2v) is 7.26. The predicted molar refractivity (Wildman–Crippen MR) is 86.3 cm³/mol. The van der Waals surface area contributed by atoms with E-state index in [1.807, 2.05) is 0 Å². The van der Waals surface area contributed by atoms with Gasteiger partial charge in [0.1, 0.15) is 5.60 Å². The summed E-state index contributed by atoms with van der Waals surface area (Å²) in [5.41, 5.74) is -1.08. The molecule has 4 nitrogen and oxygen atoms in total. The molecular formula is C16H20ClF3N2O2. The number of rotatable bonds is 3. The molecule has 0 bridgehead atoms. The Morgan fingerprint density at radius 1 is 1.21 bits per heavy atom. The summed E-state index contributed by atoms with van der Waals surface area (Å²) < 4.78 is 43.6. The topological polar surface area (TPSA) is 50.4 Å². The fourth-order valence-corrected chi connectivity index (χ4v) is 2.62. The average molecular weight is 365 g/mol. The van der Waals surface area contributed by atoms with Crippen LogP contribution in [0.5, 0.6) is 0 Å². The number of hydrogen-bond acceptors (Lipinski definition) is 3. The Bertz CT molecular complexity index is 608. The number of anilines is 1. The lowest BCUT2D eigenvalue weighted by molar-refractivity contribution is -0.137. The molecule has 1 aliphatic carbocycles. The summed E-state index contributed by atoms with van der Waals surface area (Å²) in [6.07, 6.45) is -3.75. The Hall–Kier alpha value is -1.63. The van der Waals surface area contributed by atoms with Crippen LogP contribution in [-0.4, -0.2) is 23.8 Å². The van der Waals surface area contributed by atoms with Gasteiger partial charge < -0.3 is 15.4 Å². The molecule has 0 aliphatic heterocycles. The predicted octanol–water partition coefficient (Wildman–Crippen LogP) is 4.83. The number of alkyl carbamates (subject to hydrolysis) is 1. The van der Waals surface area contributed by atoms with Crippen LogP contribution in [0.15, 0.2) is 18.2 Å². The van der Waals surface area contributed by atoms with Gasteiger partial charge in [-0.2, -0.15) is 13.2 Å². The number of hydrogen-bond donors (Lipinski definition) is 2. The van der Waals surface area contributed by atoms with Gasteiger partial charge in [-0.15, -0.1) is 0 Å². The molecule has 1 saturated carbocycles. The third-order valence-electron chi connectivity index (χ3n) is 3.50. The van der Waals surface area contributed by atoms with Gasteiger partial charge in [0.05, 0.1) is 10.6 Å². The van der Waals surface area contributed by atoms with E-state index in [-0.39, 0.29) is 17.1 Å². The average Bonchev–Trinajstić information content (AvgIpc) is 2.34. The van der Waals surface area contributed by atoms with Crippen molar-refractivity contribution in [1.82, 2.24) is 5.32 Å². The van der Waals surface area contributed by atoms with Crippen molar-refractivity contribution in [2.24, 2.45) is 0 Å². The smallest absolute Gasteiger partial charge is 0.417 e. The zero-order valence-corrected chi connectivity index (χ0v) is 14.4. The number of carbonyl (C=O) groups excluding carboxylic acids is 1. The molecular weight excluding hydrogens is 345 g/mol. The van der Waals surface area contributed by atoms with E-state index in [0.29, 0.717) is 18.5 Å². The fourth-order valence-electron chi connectivity index (χ4n) is 2.40. The van der Waals surface area contributed by atoms with Crippen LogP contribution in [0.25, 0.3) is 0 Å². The molecule has 0 spiro atoms. The van der Waals surface area contributed by atoms with Crippen LogP contribution in [0.3, 0.4) is 0 Å². The number of alkyl halides is 3. The highest BCUT2D eigenvalue weighted by Gasteiger charge is 2.35. The summed E-state index contributed by atoms with van der Waals surface area (Å²) in [5.74, 6) is 0. The van der Waals surface area contributed by atoms with Crippen molar-refractivity contribution in [2.75, 3.05) is 5.32 Å². The second-order valence-electron chi connectivity index (χ2n) is 6.85. The third-order valence-corrected chi connectivity index (χ3v) is 3.83. The lowest BCUT2D eigenvalue weighted by Crippen LogP contribution is -2.50. The maximum atomic E-state index is 12.8. The molecule has 24 heavy (non-hydrogen) atoms. The number of carbonyl (C=O) groups is 1. The van der Waals surface area contributed by atoms with E-state index in [4.69, 9.17) is 16.3 Å². The van der Waals surface area contributed by atoms with Gasteiger partial charge in [-0.05, 0) is 51.8 Å². The molecule has 0 atom stereocenters. The Kier molecular flexibility index (Phi) is 5.22. The maximum Gasteiger partial charge on any atom is 0.417 e. The van der Waals surface area contributed by atoms with E-state index in [1.165, 1.54) is 12.1 Å². The first-order valence-electron chi connectivity index (χ1n) is 7.57. The SMILES string of the molecule is CC(C)(C)OC(=O)NC1CC(Nc2ccc(Cl)c(C(F)(F)F)c2)C1. The molecule has 0 aromatic heterocycles. The van der Waals surface area contributed by atoms with Crippen LogP contribution < -0.4 is 10.6 Å². The van der Waals surface area contributed by atoms with Crippen LogP contribution in [-0.2, 0) is 10.9 Å². The van der Waals surface area contributed by atoms with Crippen molar-refractivity contribution >= 4 is 23.4 Å². The first-order chi connectivity index (χ1) is 10.9. The summed E-state index contributed by atoms with van der Waals surface area (Å²) in [4.78, 5) is 11.6. The number of benzene rings is 1. The first-order valence-corrected chi connectivity index (χ1v) is 7.94. The van der Waals surface area contributed by atoms with E-state index < -0.39 is 23.4 Å². The summed E-state index contributed by atoms with van der Waals surface area (Å²) in [6.45, 7) is 5.32. The van der Waals surface area contributed by atoms with E-state index >= 15 is 0 Å². The molecule has 2 N–H and O–H groups in total. The zero-order chi connectivity index (χ0) is 18.1. The van der Waals surface area contributed by atoms with Crippen molar-refractivity contribution in [1.29, 1.82) is 0 Å². The molecule has 1 aromatic rings. The molecule has 0 unspecified atom stereocenters. The van der Waals surface area contributed by atoms with Gasteiger partial charge in [-0.1, -0.05) is 11.6 Å². The quantitative estimate of drug-likeness (QED) is 0.808. The highest BCUT2D eigenvalue weighted by Crippen LogP contribution is 2.37. The van der Waals surface area contributed by atoms with Gasteiger partial charge in [0.2, 0.25) is 0 Å². The van der Waals surface area contributed by atoms with Crippen molar-refractivity contribution in [3.63, 3.8) is 0 Å². The number of halogens is 4. The van der Waals surface area contributed by atoms with Crippen LogP contribution in [0.1, 0.15) is 39.2 Å². The molecule has 1 aromatic carbocycles. The summed E-state index contributed by atoms with van der Waals surface area (Å²) >= 11 is 5.59. The van der Waals surface area contributed by atoms with Gasteiger partial charge in [0.25, 0.3) is 0 Å². The summed E-state index contributed by atoms with van der Waals surface area (Å²) in [6, 6.07) is 3.67. The lowest BCUT2D eigenvalue weighted by atomic mass is 9.86. The number of nitrogens with one attached hydrogen (secondary N) is 2. The first kappa shape index (κ1) is 18.7. The molecule has 1 amide bonds. The van der Waals surface area contributed by atoms with Crippen LogP contribution in [0.2, 0.25) is 5.02 Å².